The topological polar surface area (TPSA) is 44.8 Å². The van der Waals surface area contributed by atoms with Gasteiger partial charge in [-0.1, -0.05) is 40.0 Å². The molecule has 1 radical (unpaired) electrons. The molecule has 0 aliphatic rings. The quantitative estimate of drug-likeness (QED) is 0.158. The Kier molecular flexibility index (Phi) is 42.0. The summed E-state index contributed by atoms with van der Waals surface area (Å²) in [7, 11) is -3.31. The van der Waals surface area contributed by atoms with Crippen molar-refractivity contribution in [2.75, 3.05) is 19.8 Å². The molecule has 0 aliphatic heterocycles. The molecule has 0 amide bonds. The summed E-state index contributed by atoms with van der Waals surface area (Å²) in [5, 5.41) is 0. The van der Waals surface area contributed by atoms with Crippen molar-refractivity contribution in [1.29, 1.82) is 0 Å². The standard InChI is InChI=1S/C12H27O4P.3BrH.Nd/c1-4-7-10-14-17(13,15-11-8-5-2)16-12-9-6-3;;;;/h4-12H2,1-3H3;3*1H;/q;;;;+3/p-3. The Balaban J connectivity index is -0.000000213. The first kappa shape index (κ1) is 35.1. The minimum atomic E-state index is -3.31. The van der Waals surface area contributed by atoms with Crippen LogP contribution in [0.4, 0.5) is 0 Å². The van der Waals surface area contributed by atoms with Crippen molar-refractivity contribution in [3.63, 3.8) is 0 Å². The average Bonchev–Trinajstić information content (AvgIpc) is 2.30. The summed E-state index contributed by atoms with van der Waals surface area (Å²) in [5.41, 5.74) is 0. The number of phosphoric acid groups is 1. The number of phosphoric ester groups is 1. The minimum Gasteiger partial charge on any atom is -1.00 e. The number of hydrogen-bond acceptors (Lipinski definition) is 4. The molecule has 0 bridgehead atoms. The van der Waals surface area contributed by atoms with Gasteiger partial charge in [0.2, 0.25) is 0 Å². The van der Waals surface area contributed by atoms with Gasteiger partial charge in [0, 0.05) is 0 Å². The molecule has 0 fully saturated rings. The van der Waals surface area contributed by atoms with Gasteiger partial charge >= 0.3 is 48.7 Å². The molecule has 0 rings (SSSR count). The maximum atomic E-state index is 12.2. The van der Waals surface area contributed by atoms with Gasteiger partial charge in [-0.05, 0) is 19.3 Å². The second kappa shape index (κ2) is 25.1. The Hall–Kier alpha value is 2.90. The van der Waals surface area contributed by atoms with Crippen LogP contribution >= 0.6 is 7.82 Å². The summed E-state index contributed by atoms with van der Waals surface area (Å²) in [6, 6.07) is 0. The average molecular weight is 650 g/mol. The molecule has 0 spiro atoms. The van der Waals surface area contributed by atoms with Crippen molar-refractivity contribution < 1.29 is 110 Å². The van der Waals surface area contributed by atoms with Crippen molar-refractivity contribution in [3.8, 4) is 0 Å². The van der Waals surface area contributed by atoms with Crippen LogP contribution in [-0.2, 0) is 18.1 Å². The summed E-state index contributed by atoms with van der Waals surface area (Å²) in [6.07, 6.45) is 5.63. The Morgan fingerprint density at radius 1 is 0.667 bits per heavy atom. The van der Waals surface area contributed by atoms with Crippen LogP contribution in [0.15, 0.2) is 0 Å². The molecule has 0 atom stereocenters. The van der Waals surface area contributed by atoms with Crippen LogP contribution in [0.1, 0.15) is 59.3 Å². The van der Waals surface area contributed by atoms with E-state index >= 15 is 0 Å². The fraction of sp³-hybridized carbons (Fsp3) is 1.00. The Morgan fingerprint density at radius 3 is 1.10 bits per heavy atom. The van der Waals surface area contributed by atoms with Crippen molar-refractivity contribution in [2.45, 2.75) is 59.3 Å². The molecule has 129 valence electrons. The first-order valence-electron chi connectivity index (χ1n) is 6.72. The minimum absolute atomic E-state index is 0. The molecular weight excluding hydrogens is 623 g/mol. The molecule has 0 heterocycles. The number of halogens is 3. The number of hydrogen-bond donors (Lipinski definition) is 0. The monoisotopic (exact) mass is 645 g/mol. The van der Waals surface area contributed by atoms with E-state index in [0.29, 0.717) is 19.8 Å². The third-order valence-electron chi connectivity index (χ3n) is 2.24. The number of rotatable bonds is 12. The Morgan fingerprint density at radius 2 is 0.905 bits per heavy atom. The predicted octanol–water partition coefficient (Wildman–Crippen LogP) is -4.44. The van der Waals surface area contributed by atoms with E-state index in [1.54, 1.807) is 0 Å². The van der Waals surface area contributed by atoms with E-state index in [2.05, 4.69) is 20.8 Å². The zero-order chi connectivity index (χ0) is 13.0. The van der Waals surface area contributed by atoms with Crippen molar-refractivity contribution >= 4 is 7.82 Å². The molecule has 9 heteroatoms. The van der Waals surface area contributed by atoms with E-state index in [4.69, 9.17) is 13.6 Å². The molecule has 4 nitrogen and oxygen atoms in total. The van der Waals surface area contributed by atoms with Gasteiger partial charge in [-0.15, -0.1) is 0 Å². The third-order valence-corrected chi connectivity index (χ3v) is 3.74. The van der Waals surface area contributed by atoms with Gasteiger partial charge < -0.3 is 50.9 Å². The van der Waals surface area contributed by atoms with Crippen LogP contribution in [0.3, 0.4) is 0 Å². The van der Waals surface area contributed by atoms with E-state index in [9.17, 15) is 4.57 Å². The molecule has 0 unspecified atom stereocenters. The van der Waals surface area contributed by atoms with E-state index in [1.165, 1.54) is 0 Å². The summed E-state index contributed by atoms with van der Waals surface area (Å²) in [5.74, 6) is 0. The molecule has 0 aliphatic carbocycles. The second-order valence-electron chi connectivity index (χ2n) is 4.01. The van der Waals surface area contributed by atoms with E-state index in [1.807, 2.05) is 0 Å². The first-order chi connectivity index (χ1) is 8.18. The van der Waals surface area contributed by atoms with Crippen LogP contribution in [0.2, 0.25) is 0 Å². The van der Waals surface area contributed by atoms with Crippen LogP contribution in [0.25, 0.3) is 0 Å². The first-order valence-corrected chi connectivity index (χ1v) is 8.18. The summed E-state index contributed by atoms with van der Waals surface area (Å²) >= 11 is 0. The zero-order valence-electron chi connectivity index (χ0n) is 13.1. The van der Waals surface area contributed by atoms with Gasteiger partial charge in [0.15, 0.2) is 0 Å². The van der Waals surface area contributed by atoms with Crippen LogP contribution in [0.5, 0.6) is 0 Å². The summed E-state index contributed by atoms with van der Waals surface area (Å²) < 4.78 is 28.0. The third kappa shape index (κ3) is 22.9. The van der Waals surface area contributed by atoms with Crippen molar-refractivity contribution in [1.82, 2.24) is 0 Å². The van der Waals surface area contributed by atoms with Gasteiger partial charge in [0.1, 0.15) is 0 Å². The fourth-order valence-corrected chi connectivity index (χ4v) is 2.36. The van der Waals surface area contributed by atoms with E-state index < -0.39 is 7.82 Å². The maximum Gasteiger partial charge on any atom is 3.00 e. The predicted molar refractivity (Wildman–Crippen MR) is 70.2 cm³/mol. The number of unbranched alkanes of at least 4 members (excludes halogenated alkanes) is 3. The molecule has 0 aromatic carbocycles. The van der Waals surface area contributed by atoms with Gasteiger partial charge in [-0.25, -0.2) is 4.57 Å². The van der Waals surface area contributed by atoms with Crippen molar-refractivity contribution in [2.24, 2.45) is 0 Å². The van der Waals surface area contributed by atoms with Crippen LogP contribution in [-0.4, -0.2) is 19.8 Å². The Bertz CT molecular complexity index is 193. The smallest absolute Gasteiger partial charge is 1.00 e. The fourth-order valence-electron chi connectivity index (χ4n) is 1.07. The summed E-state index contributed by atoms with van der Waals surface area (Å²) in [6.45, 7) is 7.49. The summed E-state index contributed by atoms with van der Waals surface area (Å²) in [4.78, 5) is 0. The second-order valence-corrected chi connectivity index (χ2v) is 5.68. The maximum absolute atomic E-state index is 12.2. The van der Waals surface area contributed by atoms with Gasteiger partial charge in [0.05, 0.1) is 19.8 Å². The molecule has 0 saturated carbocycles. The van der Waals surface area contributed by atoms with Gasteiger partial charge in [-0.2, -0.15) is 0 Å². The van der Waals surface area contributed by atoms with Gasteiger partial charge in [-0.3, -0.25) is 13.6 Å². The molecule has 21 heavy (non-hydrogen) atoms. The SMILES string of the molecule is CCCCOP(=O)(OCCCC)OCCCC.[Br-].[Br-].[Br-].[Nd+3]. The van der Waals surface area contributed by atoms with E-state index in [0.717, 1.165) is 38.5 Å². The molecular formula is C12H27Br3NdO4P. The molecule has 0 aromatic rings. The van der Waals surface area contributed by atoms with Crippen molar-refractivity contribution in [3.05, 3.63) is 0 Å². The normalized spacial score (nSPS) is 9.67. The molecule has 0 N–H and O–H groups in total. The molecule has 0 saturated heterocycles. The zero-order valence-corrected chi connectivity index (χ0v) is 21.9. The molecule has 0 aromatic heterocycles. The van der Waals surface area contributed by atoms with Gasteiger partial charge in [0.25, 0.3) is 0 Å². The van der Waals surface area contributed by atoms with Crippen LogP contribution < -0.4 is 50.9 Å². The van der Waals surface area contributed by atoms with E-state index in [-0.39, 0.29) is 91.8 Å². The van der Waals surface area contributed by atoms with Crippen LogP contribution in [0, 0.1) is 40.8 Å². The largest absolute Gasteiger partial charge is 3.00 e. The Labute approximate surface area is 194 Å².